The molecular weight excluding hydrogens is 218 g/mol. The molecule has 0 radical (unpaired) electrons. The standard InChI is InChI=1S/C13H19NO3/c1-3-7-11(10-16-2)14-13(15)17-12-8-5-4-6-9-12/h4-6,8-9,11H,3,7,10H2,1-2H3,(H,14,15). The van der Waals surface area contributed by atoms with Gasteiger partial charge < -0.3 is 14.8 Å². The Bertz CT molecular complexity index is 321. The highest BCUT2D eigenvalue weighted by Crippen LogP contribution is 2.08. The minimum absolute atomic E-state index is 0.00112. The molecule has 0 saturated heterocycles. The smallest absolute Gasteiger partial charge is 0.410 e. The summed E-state index contributed by atoms with van der Waals surface area (Å²) < 4.78 is 10.2. The predicted octanol–water partition coefficient (Wildman–Crippen LogP) is 2.59. The van der Waals surface area contributed by atoms with E-state index in [9.17, 15) is 4.79 Å². The number of rotatable bonds is 6. The largest absolute Gasteiger partial charge is 0.412 e. The maximum absolute atomic E-state index is 11.6. The van der Waals surface area contributed by atoms with Crippen molar-refractivity contribution in [2.75, 3.05) is 13.7 Å². The number of benzene rings is 1. The number of hydrogen-bond donors (Lipinski definition) is 1. The van der Waals surface area contributed by atoms with Crippen molar-refractivity contribution in [2.24, 2.45) is 0 Å². The lowest BCUT2D eigenvalue weighted by molar-refractivity contribution is 0.150. The van der Waals surface area contributed by atoms with E-state index in [1.54, 1.807) is 19.2 Å². The Morgan fingerprint density at radius 2 is 2.06 bits per heavy atom. The van der Waals surface area contributed by atoms with Crippen molar-refractivity contribution >= 4 is 6.09 Å². The van der Waals surface area contributed by atoms with Crippen LogP contribution in [-0.4, -0.2) is 25.9 Å². The molecule has 0 saturated carbocycles. The first kappa shape index (κ1) is 13.5. The van der Waals surface area contributed by atoms with Crippen molar-refractivity contribution < 1.29 is 14.3 Å². The molecule has 0 aliphatic rings. The van der Waals surface area contributed by atoms with E-state index in [2.05, 4.69) is 12.2 Å². The number of carbonyl (C=O) groups is 1. The first-order chi connectivity index (χ1) is 8.26. The van der Waals surface area contributed by atoms with Crippen LogP contribution >= 0.6 is 0 Å². The summed E-state index contributed by atoms with van der Waals surface area (Å²) in [4.78, 5) is 11.6. The molecule has 4 nitrogen and oxygen atoms in total. The molecule has 1 unspecified atom stereocenters. The number of hydrogen-bond acceptors (Lipinski definition) is 3. The lowest BCUT2D eigenvalue weighted by Crippen LogP contribution is -2.39. The van der Waals surface area contributed by atoms with Crippen LogP contribution in [0.15, 0.2) is 30.3 Å². The molecule has 1 atom stereocenters. The number of nitrogens with one attached hydrogen (secondary N) is 1. The van der Waals surface area contributed by atoms with Crippen LogP contribution in [-0.2, 0) is 4.74 Å². The molecule has 17 heavy (non-hydrogen) atoms. The van der Waals surface area contributed by atoms with E-state index in [1.807, 2.05) is 18.2 Å². The zero-order valence-electron chi connectivity index (χ0n) is 10.3. The minimum Gasteiger partial charge on any atom is -0.410 e. The highest BCUT2D eigenvalue weighted by molar-refractivity contribution is 5.70. The van der Waals surface area contributed by atoms with Crippen LogP contribution in [0, 0.1) is 0 Å². The molecule has 0 heterocycles. The van der Waals surface area contributed by atoms with Crippen molar-refractivity contribution in [2.45, 2.75) is 25.8 Å². The topological polar surface area (TPSA) is 47.6 Å². The Morgan fingerprint density at radius 3 is 2.65 bits per heavy atom. The number of amides is 1. The van der Waals surface area contributed by atoms with Crippen LogP contribution in [0.1, 0.15) is 19.8 Å². The average Bonchev–Trinajstić information content (AvgIpc) is 2.30. The molecule has 94 valence electrons. The summed E-state index contributed by atoms with van der Waals surface area (Å²) in [5.41, 5.74) is 0. The Morgan fingerprint density at radius 1 is 1.35 bits per heavy atom. The fraction of sp³-hybridized carbons (Fsp3) is 0.462. The number of para-hydroxylation sites is 1. The maximum Gasteiger partial charge on any atom is 0.412 e. The summed E-state index contributed by atoms with van der Waals surface area (Å²) in [6.07, 6.45) is 1.42. The lowest BCUT2D eigenvalue weighted by atomic mass is 10.2. The van der Waals surface area contributed by atoms with Crippen molar-refractivity contribution in [1.82, 2.24) is 5.32 Å². The zero-order chi connectivity index (χ0) is 12.5. The molecule has 1 aromatic carbocycles. The van der Waals surface area contributed by atoms with Gasteiger partial charge in [0, 0.05) is 7.11 Å². The van der Waals surface area contributed by atoms with Gasteiger partial charge in [-0.3, -0.25) is 0 Å². The molecule has 4 heteroatoms. The van der Waals surface area contributed by atoms with Crippen LogP contribution in [0.4, 0.5) is 4.79 Å². The molecule has 0 bridgehead atoms. The second-order valence-electron chi connectivity index (χ2n) is 3.79. The average molecular weight is 237 g/mol. The third kappa shape index (κ3) is 5.36. The molecule has 0 aliphatic carbocycles. The van der Waals surface area contributed by atoms with Gasteiger partial charge in [0.25, 0.3) is 0 Å². The molecule has 0 aliphatic heterocycles. The molecule has 1 amide bonds. The maximum atomic E-state index is 11.6. The van der Waals surface area contributed by atoms with Gasteiger partial charge >= 0.3 is 6.09 Å². The lowest BCUT2D eigenvalue weighted by Gasteiger charge is -2.16. The molecule has 0 spiro atoms. The monoisotopic (exact) mass is 237 g/mol. The molecular formula is C13H19NO3. The second kappa shape index (κ2) is 7.68. The highest BCUT2D eigenvalue weighted by Gasteiger charge is 2.12. The fourth-order valence-electron chi connectivity index (χ4n) is 1.54. The SMILES string of the molecule is CCCC(COC)NC(=O)Oc1ccccc1. The van der Waals surface area contributed by atoms with E-state index < -0.39 is 6.09 Å². The highest BCUT2D eigenvalue weighted by atomic mass is 16.6. The Kier molecular flexibility index (Phi) is 6.10. The summed E-state index contributed by atoms with van der Waals surface area (Å²) >= 11 is 0. The summed E-state index contributed by atoms with van der Waals surface area (Å²) in [7, 11) is 1.62. The van der Waals surface area contributed by atoms with E-state index in [1.165, 1.54) is 0 Å². The Balaban J connectivity index is 2.42. The third-order valence-electron chi connectivity index (χ3n) is 2.28. The quantitative estimate of drug-likeness (QED) is 0.827. The first-order valence-corrected chi connectivity index (χ1v) is 5.78. The molecule has 0 fully saturated rings. The molecule has 1 aromatic rings. The third-order valence-corrected chi connectivity index (χ3v) is 2.28. The zero-order valence-corrected chi connectivity index (χ0v) is 10.3. The van der Waals surface area contributed by atoms with Crippen LogP contribution < -0.4 is 10.1 Å². The normalized spacial score (nSPS) is 11.9. The van der Waals surface area contributed by atoms with Crippen molar-refractivity contribution in [1.29, 1.82) is 0 Å². The molecule has 1 N–H and O–H groups in total. The van der Waals surface area contributed by atoms with Crippen LogP contribution in [0.5, 0.6) is 5.75 Å². The fourth-order valence-corrected chi connectivity index (χ4v) is 1.54. The van der Waals surface area contributed by atoms with E-state index in [0.29, 0.717) is 12.4 Å². The van der Waals surface area contributed by atoms with Crippen LogP contribution in [0.3, 0.4) is 0 Å². The van der Waals surface area contributed by atoms with Gasteiger partial charge in [-0.15, -0.1) is 0 Å². The summed E-state index contributed by atoms with van der Waals surface area (Å²) in [6, 6.07) is 8.99. The number of carbonyl (C=O) groups excluding carboxylic acids is 1. The van der Waals surface area contributed by atoms with E-state index in [-0.39, 0.29) is 6.04 Å². The minimum atomic E-state index is -0.438. The van der Waals surface area contributed by atoms with Gasteiger partial charge in [-0.05, 0) is 18.6 Å². The van der Waals surface area contributed by atoms with E-state index in [4.69, 9.17) is 9.47 Å². The predicted molar refractivity (Wildman–Crippen MR) is 66.2 cm³/mol. The molecule has 1 rings (SSSR count). The Labute approximate surface area is 102 Å². The van der Waals surface area contributed by atoms with E-state index in [0.717, 1.165) is 12.8 Å². The van der Waals surface area contributed by atoms with Gasteiger partial charge in [-0.2, -0.15) is 0 Å². The van der Waals surface area contributed by atoms with Crippen LogP contribution in [0.2, 0.25) is 0 Å². The second-order valence-corrected chi connectivity index (χ2v) is 3.79. The van der Waals surface area contributed by atoms with Gasteiger partial charge in [-0.1, -0.05) is 31.5 Å². The van der Waals surface area contributed by atoms with Crippen molar-refractivity contribution in [3.63, 3.8) is 0 Å². The van der Waals surface area contributed by atoms with Gasteiger partial charge in [0.05, 0.1) is 12.6 Å². The van der Waals surface area contributed by atoms with Gasteiger partial charge in [-0.25, -0.2) is 4.79 Å². The summed E-state index contributed by atoms with van der Waals surface area (Å²) in [5.74, 6) is 0.540. The Hall–Kier alpha value is -1.55. The van der Waals surface area contributed by atoms with Crippen LogP contribution in [0.25, 0.3) is 0 Å². The summed E-state index contributed by atoms with van der Waals surface area (Å²) in [6.45, 7) is 2.56. The first-order valence-electron chi connectivity index (χ1n) is 5.78. The van der Waals surface area contributed by atoms with E-state index >= 15 is 0 Å². The van der Waals surface area contributed by atoms with Gasteiger partial charge in [0.15, 0.2) is 0 Å². The number of ether oxygens (including phenoxy) is 2. The van der Waals surface area contributed by atoms with Crippen molar-refractivity contribution in [3.05, 3.63) is 30.3 Å². The molecule has 0 aromatic heterocycles. The van der Waals surface area contributed by atoms with Crippen molar-refractivity contribution in [3.8, 4) is 5.75 Å². The summed E-state index contributed by atoms with van der Waals surface area (Å²) in [5, 5.41) is 2.78. The van der Waals surface area contributed by atoms with Gasteiger partial charge in [0.2, 0.25) is 0 Å². The number of methoxy groups -OCH3 is 1. The van der Waals surface area contributed by atoms with Gasteiger partial charge in [0.1, 0.15) is 5.75 Å².